The quantitative estimate of drug-likeness (QED) is 0.262. The van der Waals surface area contributed by atoms with Crippen LogP contribution in [0, 0.1) is 0 Å². The lowest BCUT2D eigenvalue weighted by Gasteiger charge is -2.21. The fraction of sp³-hybridized carbons (Fsp3) is 0.667. The topological polar surface area (TPSA) is 58.3 Å². The summed E-state index contributed by atoms with van der Waals surface area (Å²) in [5.41, 5.74) is 0. The fourth-order valence-electron chi connectivity index (χ4n) is 3.88. The molecule has 0 atom stereocenters. The second-order valence-corrected chi connectivity index (χ2v) is 9.31. The van der Waals surface area contributed by atoms with Crippen molar-refractivity contribution in [2.45, 2.75) is 63.1 Å². The first-order valence-corrected chi connectivity index (χ1v) is 12.8. The molecule has 0 unspecified atom stereocenters. The molecule has 2 aromatic heterocycles. The number of nitrogens with one attached hydrogen (secondary N) is 1. The molecule has 0 aromatic carbocycles. The maximum atomic E-state index is 4.85. The molecule has 0 saturated heterocycles. The minimum Gasteiger partial charge on any atom is -0.357 e. The number of rotatable bonds is 10. The molecule has 0 aliphatic heterocycles. The van der Waals surface area contributed by atoms with Gasteiger partial charge in [0.05, 0.1) is 0 Å². The highest BCUT2D eigenvalue weighted by atomic mass is 32.2. The second kappa shape index (κ2) is 11.6. The van der Waals surface area contributed by atoms with Crippen molar-refractivity contribution in [2.24, 2.45) is 4.99 Å². The van der Waals surface area contributed by atoms with E-state index < -0.39 is 0 Å². The van der Waals surface area contributed by atoms with E-state index in [0.717, 1.165) is 55.8 Å². The van der Waals surface area contributed by atoms with Gasteiger partial charge in [-0.1, -0.05) is 30.7 Å². The zero-order valence-electron chi connectivity index (χ0n) is 17.9. The van der Waals surface area contributed by atoms with Crippen molar-refractivity contribution >= 4 is 29.1 Å². The maximum Gasteiger partial charge on any atom is 0.193 e. The van der Waals surface area contributed by atoms with E-state index >= 15 is 0 Å². The largest absolute Gasteiger partial charge is 0.357 e. The number of hydrogen-bond acceptors (Lipinski definition) is 5. The minimum atomic E-state index is 0.589. The first-order valence-electron chi connectivity index (χ1n) is 10.7. The van der Waals surface area contributed by atoms with E-state index in [1.165, 1.54) is 30.6 Å². The lowest BCUT2D eigenvalue weighted by Crippen LogP contribution is -2.40. The van der Waals surface area contributed by atoms with E-state index in [1.807, 2.05) is 11.3 Å². The Balaban J connectivity index is 1.53. The van der Waals surface area contributed by atoms with Gasteiger partial charge in [0, 0.05) is 44.0 Å². The van der Waals surface area contributed by atoms with Crippen molar-refractivity contribution in [1.29, 1.82) is 0 Å². The number of aromatic nitrogens is 3. The molecule has 1 aliphatic rings. The molecule has 0 spiro atoms. The molecule has 8 heteroatoms. The van der Waals surface area contributed by atoms with E-state index in [9.17, 15) is 0 Å². The van der Waals surface area contributed by atoms with Gasteiger partial charge < -0.3 is 14.8 Å². The van der Waals surface area contributed by atoms with Gasteiger partial charge in [-0.25, -0.2) is 0 Å². The van der Waals surface area contributed by atoms with Crippen LogP contribution in [0.25, 0.3) is 0 Å². The molecule has 0 radical (unpaired) electrons. The number of likely N-dealkylation sites (N-methyl/N-ethyl adjacent to an activating group) is 1. The first-order chi connectivity index (χ1) is 14.2. The predicted molar refractivity (Wildman–Crippen MR) is 124 cm³/mol. The van der Waals surface area contributed by atoms with Crippen molar-refractivity contribution in [3.05, 3.63) is 28.2 Å². The number of guanidine groups is 1. The Morgan fingerprint density at radius 2 is 2.17 bits per heavy atom. The van der Waals surface area contributed by atoms with E-state index in [4.69, 9.17) is 4.99 Å². The highest BCUT2D eigenvalue weighted by Gasteiger charge is 2.23. The average Bonchev–Trinajstić information content (AvgIpc) is 3.49. The number of aliphatic imine (C=N–C) groups is 1. The third-order valence-electron chi connectivity index (χ3n) is 5.40. The van der Waals surface area contributed by atoms with Gasteiger partial charge in [0.2, 0.25) is 0 Å². The average molecular weight is 435 g/mol. The van der Waals surface area contributed by atoms with E-state index in [-0.39, 0.29) is 0 Å². The Labute approximate surface area is 183 Å². The van der Waals surface area contributed by atoms with Crippen LogP contribution in [0.4, 0.5) is 0 Å². The summed E-state index contributed by atoms with van der Waals surface area (Å²) in [4.78, 5) is 8.51. The van der Waals surface area contributed by atoms with Crippen LogP contribution in [0.5, 0.6) is 0 Å². The van der Waals surface area contributed by atoms with Crippen LogP contribution in [0.15, 0.2) is 27.7 Å². The number of thiophene rings is 1. The molecule has 2 heterocycles. The highest BCUT2D eigenvalue weighted by Crippen LogP contribution is 2.33. The summed E-state index contributed by atoms with van der Waals surface area (Å²) in [6.07, 6.45) is 10.2. The Morgan fingerprint density at radius 3 is 2.86 bits per heavy atom. The summed E-state index contributed by atoms with van der Waals surface area (Å²) in [6, 6.07) is 4.91. The third-order valence-corrected chi connectivity index (χ3v) is 6.98. The number of nitrogens with zero attached hydrogens (tertiary/aromatic N) is 5. The van der Waals surface area contributed by atoms with Gasteiger partial charge in [-0.15, -0.1) is 21.5 Å². The number of hydrogen-bond donors (Lipinski definition) is 1. The van der Waals surface area contributed by atoms with Gasteiger partial charge in [-0.3, -0.25) is 4.99 Å². The molecular formula is C21H34N6S2. The van der Waals surface area contributed by atoms with Crippen LogP contribution in [0.3, 0.4) is 0 Å². The molecule has 3 rings (SSSR count). The highest BCUT2D eigenvalue weighted by molar-refractivity contribution is 7.98. The van der Waals surface area contributed by atoms with Crippen LogP contribution < -0.4 is 5.32 Å². The van der Waals surface area contributed by atoms with E-state index in [1.54, 1.807) is 11.8 Å². The standard InChI is InChI=1S/C21H34N6S2/c1-4-22-20(26(2)15-13-18-11-8-16-29-18)23-14-7-12-19-24-25-21(28-3)27(19)17-9-5-6-10-17/h8,11,16-17H,4-7,9-10,12-15H2,1-3H3,(H,22,23). The smallest absolute Gasteiger partial charge is 0.193 e. The van der Waals surface area contributed by atoms with Gasteiger partial charge in [0.1, 0.15) is 5.82 Å². The Hall–Kier alpha value is -1.54. The first kappa shape index (κ1) is 22.2. The molecule has 0 bridgehead atoms. The Bertz CT molecular complexity index is 749. The SMILES string of the molecule is CCNC(=NCCCc1nnc(SC)n1C1CCCC1)N(C)CCc1cccs1. The lowest BCUT2D eigenvalue weighted by atomic mass is 10.2. The summed E-state index contributed by atoms with van der Waals surface area (Å²) in [5.74, 6) is 2.12. The summed E-state index contributed by atoms with van der Waals surface area (Å²) in [6.45, 7) is 4.78. The predicted octanol–water partition coefficient (Wildman–Crippen LogP) is 4.25. The molecule has 1 saturated carbocycles. The Morgan fingerprint density at radius 1 is 1.34 bits per heavy atom. The van der Waals surface area contributed by atoms with Gasteiger partial charge in [-0.2, -0.15) is 0 Å². The van der Waals surface area contributed by atoms with Gasteiger partial charge >= 0.3 is 0 Å². The van der Waals surface area contributed by atoms with Crippen LogP contribution >= 0.6 is 23.1 Å². The monoisotopic (exact) mass is 434 g/mol. The molecule has 1 aliphatic carbocycles. The van der Waals surface area contributed by atoms with Crippen LogP contribution in [0.1, 0.15) is 55.8 Å². The number of thioether (sulfide) groups is 1. The molecular weight excluding hydrogens is 400 g/mol. The lowest BCUT2D eigenvalue weighted by molar-refractivity contribution is 0.460. The third kappa shape index (κ3) is 6.22. The van der Waals surface area contributed by atoms with Crippen molar-refractivity contribution in [1.82, 2.24) is 25.0 Å². The van der Waals surface area contributed by atoms with Crippen LogP contribution in [-0.2, 0) is 12.8 Å². The van der Waals surface area contributed by atoms with Crippen LogP contribution in [0.2, 0.25) is 0 Å². The minimum absolute atomic E-state index is 0.589. The van der Waals surface area contributed by atoms with Gasteiger partial charge in [-0.05, 0) is 50.3 Å². The van der Waals surface area contributed by atoms with Crippen molar-refractivity contribution < 1.29 is 0 Å². The van der Waals surface area contributed by atoms with Crippen LogP contribution in [-0.4, -0.2) is 58.6 Å². The zero-order chi connectivity index (χ0) is 20.5. The summed E-state index contributed by atoms with van der Waals surface area (Å²) >= 11 is 3.53. The van der Waals surface area contributed by atoms with E-state index in [2.05, 4.69) is 62.7 Å². The fourth-order valence-corrected chi connectivity index (χ4v) is 5.15. The molecule has 29 heavy (non-hydrogen) atoms. The van der Waals surface area contributed by atoms with E-state index in [0.29, 0.717) is 6.04 Å². The summed E-state index contributed by atoms with van der Waals surface area (Å²) in [7, 11) is 2.12. The zero-order valence-corrected chi connectivity index (χ0v) is 19.6. The maximum absolute atomic E-state index is 4.85. The molecule has 6 nitrogen and oxygen atoms in total. The van der Waals surface area contributed by atoms with Crippen molar-refractivity contribution in [3.8, 4) is 0 Å². The summed E-state index contributed by atoms with van der Waals surface area (Å²) < 4.78 is 2.40. The molecule has 2 aromatic rings. The van der Waals surface area contributed by atoms with Crippen molar-refractivity contribution in [2.75, 3.05) is 32.9 Å². The molecule has 1 fully saturated rings. The number of aryl methyl sites for hydroxylation is 1. The summed E-state index contributed by atoms with van der Waals surface area (Å²) in [5, 5.41) is 15.5. The molecule has 0 amide bonds. The normalized spacial score (nSPS) is 15.2. The second-order valence-electron chi connectivity index (χ2n) is 7.50. The van der Waals surface area contributed by atoms with Gasteiger partial charge in [0.15, 0.2) is 11.1 Å². The molecule has 160 valence electrons. The van der Waals surface area contributed by atoms with Crippen molar-refractivity contribution in [3.63, 3.8) is 0 Å². The Kier molecular flexibility index (Phi) is 8.86. The van der Waals surface area contributed by atoms with Gasteiger partial charge in [0.25, 0.3) is 0 Å². The molecule has 1 N–H and O–H groups in total.